The van der Waals surface area contributed by atoms with Crippen molar-refractivity contribution < 1.29 is 27.9 Å². The lowest BCUT2D eigenvalue weighted by molar-refractivity contribution is -0.141. The molecule has 2 saturated carbocycles. The molecule has 1 spiro atoms. The van der Waals surface area contributed by atoms with Gasteiger partial charge in [-0.1, -0.05) is 6.92 Å². The third-order valence-corrected chi connectivity index (χ3v) is 6.34. The zero-order valence-electron chi connectivity index (χ0n) is 14.5. The zero-order chi connectivity index (χ0) is 19.8. The van der Waals surface area contributed by atoms with E-state index in [2.05, 4.69) is 21.2 Å². The van der Waals surface area contributed by atoms with Crippen LogP contribution in [0.15, 0.2) is 16.6 Å². The Bertz CT molecular complexity index is 856. The van der Waals surface area contributed by atoms with Gasteiger partial charge in [0.15, 0.2) is 0 Å². The molecule has 4 rings (SSSR count). The van der Waals surface area contributed by atoms with E-state index >= 15 is 0 Å². The Morgan fingerprint density at radius 2 is 2.04 bits per heavy atom. The molecular formula is C18H18BrF3N2O3. The molecule has 146 valence electrons. The summed E-state index contributed by atoms with van der Waals surface area (Å²) >= 11 is 2.98. The van der Waals surface area contributed by atoms with Crippen LogP contribution in [0.25, 0.3) is 0 Å². The fraction of sp³-hybridized carbons (Fsp3) is 0.556. The molecule has 1 aromatic rings. The van der Waals surface area contributed by atoms with Crippen molar-refractivity contribution in [2.45, 2.75) is 43.2 Å². The van der Waals surface area contributed by atoms with Crippen molar-refractivity contribution in [3.05, 3.63) is 33.5 Å². The smallest absolute Gasteiger partial charge is 0.260 e. The fourth-order valence-corrected chi connectivity index (χ4v) is 4.75. The van der Waals surface area contributed by atoms with Gasteiger partial charge in [-0.25, -0.2) is 13.2 Å². The maximum atomic E-state index is 14.6. The van der Waals surface area contributed by atoms with Crippen LogP contribution in [0.4, 0.5) is 13.2 Å². The van der Waals surface area contributed by atoms with Crippen molar-refractivity contribution in [1.82, 2.24) is 10.2 Å². The highest BCUT2D eigenvalue weighted by atomic mass is 79.9. The van der Waals surface area contributed by atoms with Crippen LogP contribution in [0.3, 0.4) is 0 Å². The van der Waals surface area contributed by atoms with E-state index in [4.69, 9.17) is 0 Å². The van der Waals surface area contributed by atoms with Crippen LogP contribution in [0.5, 0.6) is 0 Å². The first-order valence-corrected chi connectivity index (χ1v) is 9.46. The van der Waals surface area contributed by atoms with E-state index in [1.165, 1.54) is 12.1 Å². The maximum Gasteiger partial charge on any atom is 0.260 e. The number of nitrogens with zero attached hydrogens (tertiary/aromatic N) is 1. The number of hydrogen-bond acceptors (Lipinski definition) is 3. The number of carbonyl (C=O) groups is 2. The first-order valence-electron chi connectivity index (χ1n) is 8.67. The molecule has 2 aliphatic carbocycles. The van der Waals surface area contributed by atoms with Gasteiger partial charge in [0.2, 0.25) is 5.91 Å². The second kappa shape index (κ2) is 5.70. The molecule has 2 N–H and O–H groups in total. The number of carbonyl (C=O) groups excluding carboxylic acids is 2. The Labute approximate surface area is 162 Å². The molecule has 1 aromatic carbocycles. The summed E-state index contributed by atoms with van der Waals surface area (Å²) in [5.41, 5.74) is -3.56. The van der Waals surface area contributed by atoms with E-state index in [0.717, 1.165) is 4.90 Å². The first-order chi connectivity index (χ1) is 12.5. The number of nitrogens with one attached hydrogen (secondary N) is 1. The molecule has 0 aromatic heterocycles. The van der Waals surface area contributed by atoms with Gasteiger partial charge >= 0.3 is 0 Å². The van der Waals surface area contributed by atoms with Crippen molar-refractivity contribution in [1.29, 1.82) is 0 Å². The summed E-state index contributed by atoms with van der Waals surface area (Å²) in [6.45, 7) is 1.02. The first kappa shape index (κ1) is 18.7. The Morgan fingerprint density at radius 3 is 2.59 bits per heavy atom. The Hall–Kier alpha value is -1.61. The minimum Gasteiger partial charge on any atom is -0.371 e. The largest absolute Gasteiger partial charge is 0.371 e. The van der Waals surface area contributed by atoms with Crippen LogP contribution in [-0.2, 0) is 10.2 Å². The molecule has 27 heavy (non-hydrogen) atoms. The lowest BCUT2D eigenvalue weighted by atomic mass is 9.78. The predicted molar refractivity (Wildman–Crippen MR) is 92.7 cm³/mol. The average molecular weight is 447 g/mol. The number of amides is 2. The zero-order valence-corrected chi connectivity index (χ0v) is 16.1. The highest BCUT2D eigenvalue weighted by Crippen LogP contribution is 2.64. The van der Waals surface area contributed by atoms with Gasteiger partial charge in [-0.2, -0.15) is 0 Å². The van der Waals surface area contributed by atoms with Crippen LogP contribution >= 0.6 is 15.9 Å². The van der Waals surface area contributed by atoms with E-state index < -0.39 is 54.2 Å². The van der Waals surface area contributed by atoms with Gasteiger partial charge in [-0.05, 0) is 46.8 Å². The topological polar surface area (TPSA) is 69.6 Å². The summed E-state index contributed by atoms with van der Waals surface area (Å²) in [6, 6.07) is 2.59. The second-order valence-electron chi connectivity index (χ2n) is 8.00. The molecule has 1 aliphatic heterocycles. The SMILES string of the molecule is CC1CC(O)(NC(=O)CN2CC3(CC3(F)F)c3c(ccc(Br)c3F)C2=O)C1. The standard InChI is InChI=1S/C18H18BrF3N2O3/c1-9-4-17(27,5-9)23-12(25)6-24-8-16(7-18(16,21)22)13-10(15(24)26)2-3-11(19)14(13)20/h2-3,9,27H,4-8H2,1H3,(H,23,25). The van der Waals surface area contributed by atoms with Crippen LogP contribution in [-0.4, -0.2) is 46.6 Å². The second-order valence-corrected chi connectivity index (χ2v) is 8.86. The maximum absolute atomic E-state index is 14.6. The minimum atomic E-state index is -3.15. The molecule has 1 atom stereocenters. The molecule has 1 unspecified atom stereocenters. The third kappa shape index (κ3) is 2.77. The monoisotopic (exact) mass is 446 g/mol. The average Bonchev–Trinajstić information content (AvgIpc) is 3.06. The van der Waals surface area contributed by atoms with Crippen molar-refractivity contribution >= 4 is 27.7 Å². The van der Waals surface area contributed by atoms with Crippen LogP contribution in [0.1, 0.15) is 42.1 Å². The van der Waals surface area contributed by atoms with Gasteiger partial charge in [0.25, 0.3) is 11.8 Å². The van der Waals surface area contributed by atoms with Gasteiger partial charge in [-0.15, -0.1) is 0 Å². The quantitative estimate of drug-likeness (QED) is 0.701. The molecule has 0 radical (unpaired) electrons. The highest BCUT2D eigenvalue weighted by Gasteiger charge is 2.75. The van der Waals surface area contributed by atoms with Crippen LogP contribution in [0.2, 0.25) is 0 Å². The Balaban J connectivity index is 1.60. The summed E-state index contributed by atoms with van der Waals surface area (Å²) in [7, 11) is 0. The molecule has 1 heterocycles. The molecule has 5 nitrogen and oxygen atoms in total. The number of rotatable bonds is 3. The number of fused-ring (bicyclic) bond motifs is 2. The minimum absolute atomic E-state index is 0.0173. The fourth-order valence-electron chi connectivity index (χ4n) is 4.42. The molecule has 0 saturated heterocycles. The van der Waals surface area contributed by atoms with Crippen LogP contribution < -0.4 is 5.32 Å². The number of halogens is 4. The lowest BCUT2D eigenvalue weighted by Gasteiger charge is -2.43. The van der Waals surface area contributed by atoms with Crippen molar-refractivity contribution in [2.75, 3.05) is 13.1 Å². The molecule has 9 heteroatoms. The lowest BCUT2D eigenvalue weighted by Crippen LogP contribution is -2.59. The van der Waals surface area contributed by atoms with Gasteiger partial charge in [0.05, 0.1) is 16.4 Å². The molecule has 2 fully saturated rings. The van der Waals surface area contributed by atoms with Gasteiger partial charge in [0, 0.05) is 24.1 Å². The van der Waals surface area contributed by atoms with Crippen LogP contribution in [0, 0.1) is 11.7 Å². The summed E-state index contributed by atoms with van der Waals surface area (Å²) in [5, 5.41) is 12.6. The summed E-state index contributed by atoms with van der Waals surface area (Å²) < 4.78 is 43.0. The van der Waals surface area contributed by atoms with E-state index in [1.807, 2.05) is 6.92 Å². The highest BCUT2D eigenvalue weighted by molar-refractivity contribution is 9.10. The number of benzene rings is 1. The van der Waals surface area contributed by atoms with E-state index in [-0.39, 0.29) is 21.5 Å². The molecular weight excluding hydrogens is 429 g/mol. The molecule has 3 aliphatic rings. The number of aliphatic hydroxyl groups is 1. The van der Waals surface area contributed by atoms with E-state index in [9.17, 15) is 27.9 Å². The Kier molecular flexibility index (Phi) is 3.96. The number of alkyl halides is 2. The molecule has 2 amide bonds. The predicted octanol–water partition coefficient (Wildman–Crippen LogP) is 2.56. The van der Waals surface area contributed by atoms with Crippen molar-refractivity contribution in [3.63, 3.8) is 0 Å². The summed E-state index contributed by atoms with van der Waals surface area (Å²) in [5.74, 6) is -5.04. The Morgan fingerprint density at radius 1 is 1.41 bits per heavy atom. The van der Waals surface area contributed by atoms with E-state index in [1.54, 1.807) is 0 Å². The summed E-state index contributed by atoms with van der Waals surface area (Å²) in [6.07, 6.45) is 0.223. The van der Waals surface area contributed by atoms with Gasteiger partial charge in [-0.3, -0.25) is 9.59 Å². The molecule has 0 bridgehead atoms. The van der Waals surface area contributed by atoms with E-state index in [0.29, 0.717) is 12.8 Å². The normalized spacial score (nSPS) is 33.5. The number of hydrogen-bond donors (Lipinski definition) is 2. The van der Waals surface area contributed by atoms with Gasteiger partial charge in [0.1, 0.15) is 11.5 Å². The van der Waals surface area contributed by atoms with Gasteiger partial charge < -0.3 is 15.3 Å². The van der Waals surface area contributed by atoms with Crippen molar-refractivity contribution in [3.8, 4) is 0 Å². The third-order valence-electron chi connectivity index (χ3n) is 5.73. The summed E-state index contributed by atoms with van der Waals surface area (Å²) in [4.78, 5) is 26.0. The van der Waals surface area contributed by atoms with Crippen molar-refractivity contribution in [2.24, 2.45) is 5.92 Å².